The van der Waals surface area contributed by atoms with Crippen LogP contribution in [0.4, 0.5) is 0 Å². The third kappa shape index (κ3) is 3.93. The minimum atomic E-state index is -3.77. The van der Waals surface area contributed by atoms with Crippen molar-refractivity contribution in [2.75, 3.05) is 0 Å². The second-order valence-electron chi connectivity index (χ2n) is 4.70. The van der Waals surface area contributed by atoms with E-state index in [1.165, 1.54) is 12.3 Å². The number of carboxylic acids is 1. The molecule has 2 aromatic rings. The molecule has 1 unspecified atom stereocenters. The highest BCUT2D eigenvalue weighted by molar-refractivity contribution is 7.89. The van der Waals surface area contributed by atoms with Crippen molar-refractivity contribution in [1.29, 1.82) is 0 Å². The highest BCUT2D eigenvalue weighted by atomic mass is 32.2. The van der Waals surface area contributed by atoms with E-state index in [1.54, 1.807) is 48.1 Å². The molecule has 0 aliphatic rings. The van der Waals surface area contributed by atoms with Crippen molar-refractivity contribution in [2.45, 2.75) is 17.4 Å². The number of nitrogens with zero attached hydrogens (tertiary/aromatic N) is 1. The van der Waals surface area contributed by atoms with E-state index in [4.69, 9.17) is 5.11 Å². The number of nitrogens with one attached hydrogen (secondary N) is 1. The molecular weight excluding hydrogens is 292 g/mol. The van der Waals surface area contributed by atoms with E-state index in [2.05, 4.69) is 4.72 Å². The fourth-order valence-corrected chi connectivity index (χ4v) is 3.25. The van der Waals surface area contributed by atoms with Gasteiger partial charge in [0, 0.05) is 19.4 Å². The first-order valence-corrected chi connectivity index (χ1v) is 7.78. The Labute approximate surface area is 123 Å². The van der Waals surface area contributed by atoms with Crippen molar-refractivity contribution >= 4 is 16.0 Å². The number of carboxylic acid groups (broad SMARTS) is 1. The number of sulfonamides is 1. The number of aromatic nitrogens is 1. The van der Waals surface area contributed by atoms with E-state index < -0.39 is 22.0 Å². The number of hydrogen-bond acceptors (Lipinski definition) is 3. The van der Waals surface area contributed by atoms with Gasteiger partial charge >= 0.3 is 5.97 Å². The molecule has 2 rings (SSSR count). The largest absolute Gasteiger partial charge is 0.481 e. The second-order valence-corrected chi connectivity index (χ2v) is 6.41. The molecular formula is C14H16N2O4S. The Morgan fingerprint density at radius 2 is 1.95 bits per heavy atom. The molecule has 0 saturated carbocycles. The average Bonchev–Trinajstić information content (AvgIpc) is 2.86. The molecule has 1 aromatic carbocycles. The van der Waals surface area contributed by atoms with Crippen LogP contribution >= 0.6 is 0 Å². The molecule has 0 saturated heterocycles. The maximum absolute atomic E-state index is 12.3. The molecule has 21 heavy (non-hydrogen) atoms. The van der Waals surface area contributed by atoms with Gasteiger partial charge in [0.15, 0.2) is 0 Å². The maximum Gasteiger partial charge on any atom is 0.305 e. The number of carbonyl (C=O) groups is 1. The van der Waals surface area contributed by atoms with Crippen LogP contribution in [-0.2, 0) is 21.9 Å². The number of benzene rings is 1. The predicted molar refractivity (Wildman–Crippen MR) is 77.2 cm³/mol. The van der Waals surface area contributed by atoms with Gasteiger partial charge in [-0.05, 0) is 11.6 Å². The zero-order chi connectivity index (χ0) is 15.5. The first-order valence-electron chi connectivity index (χ1n) is 6.29. The zero-order valence-electron chi connectivity index (χ0n) is 11.4. The lowest BCUT2D eigenvalue weighted by molar-refractivity contribution is -0.137. The summed E-state index contributed by atoms with van der Waals surface area (Å²) in [6.07, 6.45) is 2.75. The van der Waals surface area contributed by atoms with Gasteiger partial charge in [0.2, 0.25) is 10.0 Å². The Bertz CT molecular complexity index is 722. The molecule has 0 fully saturated rings. The van der Waals surface area contributed by atoms with Gasteiger partial charge in [-0.1, -0.05) is 30.3 Å². The van der Waals surface area contributed by atoms with E-state index in [0.29, 0.717) is 5.56 Å². The van der Waals surface area contributed by atoms with Crippen LogP contribution in [0.1, 0.15) is 18.0 Å². The highest BCUT2D eigenvalue weighted by Gasteiger charge is 2.23. The molecule has 7 heteroatoms. The lowest BCUT2D eigenvalue weighted by Gasteiger charge is -2.17. The molecule has 1 atom stereocenters. The third-order valence-corrected chi connectivity index (χ3v) is 4.45. The number of aliphatic carboxylic acids is 1. The summed E-state index contributed by atoms with van der Waals surface area (Å²) >= 11 is 0. The van der Waals surface area contributed by atoms with Crippen molar-refractivity contribution in [1.82, 2.24) is 9.29 Å². The lowest BCUT2D eigenvalue weighted by Crippen LogP contribution is -2.30. The summed E-state index contributed by atoms with van der Waals surface area (Å²) in [5, 5.41) is 8.98. The Hall–Kier alpha value is -2.12. The van der Waals surface area contributed by atoms with Crippen LogP contribution in [0.5, 0.6) is 0 Å². The summed E-state index contributed by atoms with van der Waals surface area (Å²) in [7, 11) is -2.05. The maximum atomic E-state index is 12.3. The molecule has 6 nitrogen and oxygen atoms in total. The van der Waals surface area contributed by atoms with Crippen molar-refractivity contribution in [3.8, 4) is 0 Å². The molecule has 1 heterocycles. The standard InChI is InChI=1S/C14H16N2O4S/c1-16-8-7-12(10-16)21(19,20)15-13(9-14(17)18)11-5-3-2-4-6-11/h2-8,10,13,15H,9H2,1H3,(H,17,18). The third-order valence-electron chi connectivity index (χ3n) is 2.99. The van der Waals surface area contributed by atoms with Crippen molar-refractivity contribution in [2.24, 2.45) is 7.05 Å². The van der Waals surface area contributed by atoms with Gasteiger partial charge in [-0.15, -0.1) is 0 Å². The van der Waals surface area contributed by atoms with Gasteiger partial charge in [-0.3, -0.25) is 4.79 Å². The van der Waals surface area contributed by atoms with E-state index >= 15 is 0 Å². The van der Waals surface area contributed by atoms with Gasteiger partial charge in [0.25, 0.3) is 0 Å². The SMILES string of the molecule is Cn1ccc(S(=O)(=O)NC(CC(=O)O)c2ccccc2)c1. The fourth-order valence-electron chi connectivity index (χ4n) is 1.98. The summed E-state index contributed by atoms with van der Waals surface area (Å²) < 4.78 is 28.6. The summed E-state index contributed by atoms with van der Waals surface area (Å²) in [4.78, 5) is 11.1. The number of aryl methyl sites for hydroxylation is 1. The minimum absolute atomic E-state index is 0.108. The lowest BCUT2D eigenvalue weighted by atomic mass is 10.1. The van der Waals surface area contributed by atoms with Gasteiger partial charge < -0.3 is 9.67 Å². The Morgan fingerprint density at radius 1 is 1.29 bits per heavy atom. The summed E-state index contributed by atoms with van der Waals surface area (Å²) in [6.45, 7) is 0. The minimum Gasteiger partial charge on any atom is -0.481 e. The van der Waals surface area contributed by atoms with Gasteiger partial charge in [-0.2, -0.15) is 0 Å². The fraction of sp³-hybridized carbons (Fsp3) is 0.214. The average molecular weight is 308 g/mol. The first kappa shape index (κ1) is 15.3. The van der Waals surface area contributed by atoms with E-state index in [1.807, 2.05) is 0 Å². The Balaban J connectivity index is 2.29. The van der Waals surface area contributed by atoms with Crippen LogP contribution in [0.2, 0.25) is 0 Å². The van der Waals surface area contributed by atoms with Gasteiger partial charge in [-0.25, -0.2) is 13.1 Å². The summed E-state index contributed by atoms with van der Waals surface area (Å²) in [5.41, 5.74) is 0.611. The number of hydrogen-bond donors (Lipinski definition) is 2. The Kier molecular flexibility index (Phi) is 4.44. The second kappa shape index (κ2) is 6.11. The molecule has 0 aliphatic carbocycles. The quantitative estimate of drug-likeness (QED) is 0.847. The molecule has 1 aromatic heterocycles. The van der Waals surface area contributed by atoms with E-state index in [9.17, 15) is 13.2 Å². The topological polar surface area (TPSA) is 88.4 Å². The first-order chi connectivity index (χ1) is 9.88. The van der Waals surface area contributed by atoms with Crippen LogP contribution < -0.4 is 4.72 Å². The van der Waals surface area contributed by atoms with Crippen molar-refractivity contribution < 1.29 is 18.3 Å². The smallest absolute Gasteiger partial charge is 0.305 e. The van der Waals surface area contributed by atoms with Gasteiger partial charge in [0.05, 0.1) is 17.4 Å². The van der Waals surface area contributed by atoms with Crippen LogP contribution in [-0.4, -0.2) is 24.1 Å². The molecule has 2 N–H and O–H groups in total. The number of rotatable bonds is 6. The summed E-state index contributed by atoms with van der Waals surface area (Å²) in [5.74, 6) is -1.07. The van der Waals surface area contributed by atoms with E-state index in [0.717, 1.165) is 0 Å². The molecule has 0 amide bonds. The molecule has 0 bridgehead atoms. The van der Waals surface area contributed by atoms with Crippen molar-refractivity contribution in [3.05, 3.63) is 54.4 Å². The highest BCUT2D eigenvalue weighted by Crippen LogP contribution is 2.20. The monoisotopic (exact) mass is 308 g/mol. The van der Waals surface area contributed by atoms with Crippen LogP contribution in [0.25, 0.3) is 0 Å². The van der Waals surface area contributed by atoms with Gasteiger partial charge in [0.1, 0.15) is 0 Å². The molecule has 0 radical (unpaired) electrons. The van der Waals surface area contributed by atoms with Crippen molar-refractivity contribution in [3.63, 3.8) is 0 Å². The molecule has 0 aliphatic heterocycles. The van der Waals surface area contributed by atoms with Crippen LogP contribution in [0.3, 0.4) is 0 Å². The molecule has 0 spiro atoms. The molecule has 112 valence electrons. The van der Waals surface area contributed by atoms with Crippen LogP contribution in [0.15, 0.2) is 53.7 Å². The van der Waals surface area contributed by atoms with Crippen LogP contribution in [0, 0.1) is 0 Å². The summed E-state index contributed by atoms with van der Waals surface area (Å²) in [6, 6.07) is 9.30. The predicted octanol–water partition coefficient (Wildman–Crippen LogP) is 1.52. The normalized spacial score (nSPS) is 13.0. The Morgan fingerprint density at radius 3 is 2.48 bits per heavy atom. The zero-order valence-corrected chi connectivity index (χ0v) is 12.2. The van der Waals surface area contributed by atoms with E-state index in [-0.39, 0.29) is 11.3 Å².